The molecule has 0 bridgehead atoms. The molecule has 0 spiro atoms. The van der Waals surface area contributed by atoms with Crippen molar-refractivity contribution in [1.82, 2.24) is 10.1 Å². The molecule has 3 rings (SSSR count). The van der Waals surface area contributed by atoms with Gasteiger partial charge in [0.05, 0.1) is 16.5 Å². The lowest BCUT2D eigenvalue weighted by molar-refractivity contribution is 0.421. The lowest BCUT2D eigenvalue weighted by Crippen LogP contribution is -2.19. The molecule has 2 unspecified atom stereocenters. The first-order valence-electron chi connectivity index (χ1n) is 6.82. The van der Waals surface area contributed by atoms with Gasteiger partial charge < -0.3 is 10.3 Å². The molecule has 21 heavy (non-hydrogen) atoms. The number of halogens is 1. The molecule has 1 saturated heterocycles. The van der Waals surface area contributed by atoms with Crippen LogP contribution in [-0.4, -0.2) is 26.9 Å². The lowest BCUT2D eigenvalue weighted by Gasteiger charge is -2.27. The molecule has 0 radical (unpaired) electrons. The number of anilines is 1. The SMILES string of the molecule is CCC1SCCSC1c1noc(-c2cccc(F)c2N)n1. The summed E-state index contributed by atoms with van der Waals surface area (Å²) in [6, 6.07) is 4.59. The highest BCUT2D eigenvalue weighted by Gasteiger charge is 2.30. The van der Waals surface area contributed by atoms with Gasteiger partial charge in [-0.25, -0.2) is 4.39 Å². The van der Waals surface area contributed by atoms with E-state index < -0.39 is 5.82 Å². The average molecular weight is 325 g/mol. The van der Waals surface area contributed by atoms with E-state index in [4.69, 9.17) is 10.3 Å². The smallest absolute Gasteiger partial charge is 0.260 e. The fraction of sp³-hybridized carbons (Fsp3) is 0.429. The molecule has 112 valence electrons. The summed E-state index contributed by atoms with van der Waals surface area (Å²) < 4.78 is 18.8. The van der Waals surface area contributed by atoms with Gasteiger partial charge in [-0.05, 0) is 18.6 Å². The summed E-state index contributed by atoms with van der Waals surface area (Å²) >= 11 is 3.80. The number of rotatable bonds is 3. The van der Waals surface area contributed by atoms with Crippen molar-refractivity contribution in [3.63, 3.8) is 0 Å². The van der Waals surface area contributed by atoms with Gasteiger partial charge in [0, 0.05) is 16.8 Å². The third-order valence-corrected chi connectivity index (χ3v) is 6.67. The highest BCUT2D eigenvalue weighted by atomic mass is 32.2. The predicted octanol–water partition coefficient (Wildman–Crippen LogP) is 3.76. The van der Waals surface area contributed by atoms with Crippen LogP contribution in [0, 0.1) is 5.82 Å². The summed E-state index contributed by atoms with van der Waals surface area (Å²) in [7, 11) is 0. The highest BCUT2D eigenvalue weighted by Crippen LogP contribution is 2.43. The molecule has 1 aliphatic heterocycles. The molecule has 0 aliphatic carbocycles. The Kier molecular flexibility index (Phi) is 4.40. The number of nitrogens with two attached hydrogens (primary N) is 1. The zero-order valence-electron chi connectivity index (χ0n) is 11.6. The van der Waals surface area contributed by atoms with Crippen LogP contribution in [0.4, 0.5) is 10.1 Å². The lowest BCUT2D eigenvalue weighted by atomic mass is 10.1. The Morgan fingerprint density at radius 1 is 1.38 bits per heavy atom. The van der Waals surface area contributed by atoms with Gasteiger partial charge in [-0.2, -0.15) is 16.7 Å². The van der Waals surface area contributed by atoms with Gasteiger partial charge in [0.15, 0.2) is 5.82 Å². The van der Waals surface area contributed by atoms with Crippen LogP contribution >= 0.6 is 23.5 Å². The third-order valence-electron chi connectivity index (χ3n) is 3.43. The monoisotopic (exact) mass is 325 g/mol. The maximum absolute atomic E-state index is 13.5. The minimum Gasteiger partial charge on any atom is -0.396 e. The number of nitrogen functional groups attached to an aromatic ring is 1. The molecule has 0 saturated carbocycles. The first kappa shape index (κ1) is 14.7. The van der Waals surface area contributed by atoms with Crippen LogP contribution in [-0.2, 0) is 0 Å². The molecule has 1 aliphatic rings. The largest absolute Gasteiger partial charge is 0.396 e. The number of hydrogen-bond donors (Lipinski definition) is 1. The molecule has 4 nitrogen and oxygen atoms in total. The summed E-state index contributed by atoms with van der Waals surface area (Å²) in [5, 5.41) is 4.80. The van der Waals surface area contributed by atoms with Crippen molar-refractivity contribution < 1.29 is 8.91 Å². The van der Waals surface area contributed by atoms with Gasteiger partial charge in [-0.3, -0.25) is 0 Å². The Balaban J connectivity index is 1.91. The van der Waals surface area contributed by atoms with Gasteiger partial charge in [-0.1, -0.05) is 18.1 Å². The maximum atomic E-state index is 13.5. The fourth-order valence-electron chi connectivity index (χ4n) is 2.33. The molecule has 0 amide bonds. The van der Waals surface area contributed by atoms with Gasteiger partial charge in [-0.15, -0.1) is 11.8 Å². The van der Waals surface area contributed by atoms with Crippen molar-refractivity contribution in [2.75, 3.05) is 17.2 Å². The Morgan fingerprint density at radius 2 is 2.19 bits per heavy atom. The first-order chi connectivity index (χ1) is 10.2. The van der Waals surface area contributed by atoms with Crippen molar-refractivity contribution >= 4 is 29.2 Å². The second kappa shape index (κ2) is 6.27. The maximum Gasteiger partial charge on any atom is 0.260 e. The van der Waals surface area contributed by atoms with Crippen LogP contribution in [0.1, 0.15) is 24.4 Å². The first-order valence-corrected chi connectivity index (χ1v) is 8.91. The zero-order valence-corrected chi connectivity index (χ0v) is 13.2. The molecule has 2 atom stereocenters. The van der Waals surface area contributed by atoms with Crippen molar-refractivity contribution in [3.05, 3.63) is 29.8 Å². The summed E-state index contributed by atoms with van der Waals surface area (Å²) in [5.41, 5.74) is 6.24. The molecule has 2 heterocycles. The van der Waals surface area contributed by atoms with E-state index in [-0.39, 0.29) is 16.8 Å². The number of para-hydroxylation sites is 1. The van der Waals surface area contributed by atoms with Gasteiger partial charge >= 0.3 is 0 Å². The minimum absolute atomic E-state index is 0.0467. The van der Waals surface area contributed by atoms with Gasteiger partial charge in [0.1, 0.15) is 5.82 Å². The predicted molar refractivity (Wildman–Crippen MR) is 85.8 cm³/mol. The Bertz CT molecular complexity index is 634. The molecule has 1 aromatic carbocycles. The molecular weight excluding hydrogens is 309 g/mol. The number of aromatic nitrogens is 2. The van der Waals surface area contributed by atoms with Crippen LogP contribution < -0.4 is 5.73 Å². The van der Waals surface area contributed by atoms with Crippen LogP contribution in [0.5, 0.6) is 0 Å². The molecule has 1 aromatic heterocycles. The molecule has 7 heteroatoms. The minimum atomic E-state index is -0.471. The van der Waals surface area contributed by atoms with Crippen LogP contribution in [0.15, 0.2) is 22.7 Å². The zero-order chi connectivity index (χ0) is 14.8. The normalized spacial score (nSPS) is 22.4. The molecule has 1 fully saturated rings. The van der Waals surface area contributed by atoms with Crippen molar-refractivity contribution in [2.24, 2.45) is 0 Å². The van der Waals surface area contributed by atoms with E-state index in [2.05, 4.69) is 17.1 Å². The van der Waals surface area contributed by atoms with E-state index in [1.165, 1.54) is 6.07 Å². The van der Waals surface area contributed by atoms with Crippen LogP contribution in [0.3, 0.4) is 0 Å². The van der Waals surface area contributed by atoms with Crippen molar-refractivity contribution in [2.45, 2.75) is 23.8 Å². The number of benzene rings is 1. The highest BCUT2D eigenvalue weighted by molar-refractivity contribution is 8.06. The van der Waals surface area contributed by atoms with E-state index >= 15 is 0 Å². The standard InChI is InChI=1S/C14H16FN3OS2/c1-2-10-12(21-7-6-20-10)13-17-14(19-18-13)8-4-3-5-9(15)11(8)16/h3-5,10,12H,2,6-7,16H2,1H3. The third kappa shape index (κ3) is 2.89. The van der Waals surface area contributed by atoms with Crippen LogP contribution in [0.25, 0.3) is 11.5 Å². The van der Waals surface area contributed by atoms with E-state index in [0.29, 0.717) is 16.6 Å². The molecular formula is C14H16FN3OS2. The number of thioether (sulfide) groups is 2. The van der Waals surface area contributed by atoms with Crippen molar-refractivity contribution in [1.29, 1.82) is 0 Å². The second-order valence-electron chi connectivity index (χ2n) is 4.77. The fourth-order valence-corrected chi connectivity index (χ4v) is 5.31. The average Bonchev–Trinajstić information content (AvgIpc) is 2.99. The second-order valence-corrected chi connectivity index (χ2v) is 7.36. The summed E-state index contributed by atoms with van der Waals surface area (Å²) in [6.07, 6.45) is 1.06. The molecule has 2 aromatic rings. The summed E-state index contributed by atoms with van der Waals surface area (Å²) in [5.74, 6) is 2.73. The van der Waals surface area contributed by atoms with E-state index in [9.17, 15) is 4.39 Å². The van der Waals surface area contributed by atoms with Crippen LogP contribution in [0.2, 0.25) is 0 Å². The number of hydrogen-bond acceptors (Lipinski definition) is 6. The van der Waals surface area contributed by atoms with Crippen molar-refractivity contribution in [3.8, 4) is 11.5 Å². The van der Waals surface area contributed by atoms with E-state index in [1.807, 2.05) is 23.5 Å². The summed E-state index contributed by atoms with van der Waals surface area (Å²) in [6.45, 7) is 2.17. The Hall–Kier alpha value is -1.21. The van der Waals surface area contributed by atoms with E-state index in [1.54, 1.807) is 12.1 Å². The quantitative estimate of drug-likeness (QED) is 0.867. The Labute approximate surface area is 131 Å². The molecule has 2 N–H and O–H groups in total. The van der Waals surface area contributed by atoms with Gasteiger partial charge in [0.2, 0.25) is 0 Å². The topological polar surface area (TPSA) is 64.9 Å². The number of nitrogens with zero attached hydrogens (tertiary/aromatic N) is 2. The Morgan fingerprint density at radius 3 is 3.00 bits per heavy atom. The van der Waals surface area contributed by atoms with E-state index in [0.717, 1.165) is 17.9 Å². The summed E-state index contributed by atoms with van der Waals surface area (Å²) in [4.78, 5) is 4.45. The van der Waals surface area contributed by atoms with Gasteiger partial charge in [0.25, 0.3) is 5.89 Å².